The number of nitrogens with zero attached hydrogens (tertiary/aromatic N) is 2. The zero-order valence-corrected chi connectivity index (χ0v) is 6.72. The van der Waals surface area contributed by atoms with Crippen molar-refractivity contribution in [2.75, 3.05) is 13.2 Å². The summed E-state index contributed by atoms with van der Waals surface area (Å²) in [6.45, 7) is 4.55. The highest BCUT2D eigenvalue weighted by Crippen LogP contribution is 2.01. The Morgan fingerprint density at radius 3 is 2.27 bits per heavy atom. The van der Waals surface area contributed by atoms with Gasteiger partial charge in [0.15, 0.2) is 0 Å². The predicted molar refractivity (Wildman–Crippen MR) is 40.4 cm³/mol. The van der Waals surface area contributed by atoms with E-state index in [0.29, 0.717) is 18.8 Å². The van der Waals surface area contributed by atoms with Gasteiger partial charge in [0.05, 0.1) is 6.61 Å². The van der Waals surface area contributed by atoms with Crippen LogP contribution in [0.5, 0.6) is 0 Å². The molecule has 11 heavy (non-hydrogen) atoms. The summed E-state index contributed by atoms with van der Waals surface area (Å²) >= 11 is 0. The van der Waals surface area contributed by atoms with Crippen LogP contribution in [0.15, 0.2) is 11.1 Å². The van der Waals surface area contributed by atoms with Gasteiger partial charge in [-0.05, 0) is 19.4 Å². The second kappa shape index (κ2) is 5.46. The van der Waals surface area contributed by atoms with Crippen LogP contribution in [0.1, 0.15) is 13.8 Å². The van der Waals surface area contributed by atoms with Gasteiger partial charge >= 0.3 is 0 Å². The molecule has 0 aliphatic carbocycles. The van der Waals surface area contributed by atoms with Gasteiger partial charge in [0, 0.05) is 6.61 Å². The molecule has 0 bridgehead atoms. The van der Waals surface area contributed by atoms with E-state index in [4.69, 9.17) is 15.3 Å². The predicted octanol–water partition coefficient (Wildman–Crippen LogP) is 1.39. The molecular weight excluding hydrogens is 140 g/mol. The van der Waals surface area contributed by atoms with Crippen LogP contribution in [0.3, 0.4) is 0 Å². The van der Waals surface area contributed by atoms with Crippen LogP contribution < -0.4 is 0 Å². The van der Waals surface area contributed by atoms with Crippen molar-refractivity contribution in [3.05, 3.63) is 11.1 Å². The van der Waals surface area contributed by atoms with E-state index < -0.39 is 0 Å². The van der Waals surface area contributed by atoms with Crippen LogP contribution in [-0.2, 0) is 4.74 Å². The molecule has 0 saturated heterocycles. The molecule has 0 amide bonds. The summed E-state index contributed by atoms with van der Waals surface area (Å²) in [5.74, 6) is 0. The number of hydrogen-bond acceptors (Lipinski definition) is 3. The first-order chi connectivity index (χ1) is 5.26. The Labute approximate surface area is 66.5 Å². The van der Waals surface area contributed by atoms with Crippen molar-refractivity contribution in [1.82, 2.24) is 0 Å². The highest BCUT2D eigenvalue weighted by atomic mass is 16.5. The van der Waals surface area contributed by atoms with Gasteiger partial charge in [-0.3, -0.25) is 0 Å². The normalized spacial score (nSPS) is 8.00. The van der Waals surface area contributed by atoms with E-state index in [1.807, 2.05) is 6.92 Å². The Hall–Kier alpha value is -1.32. The summed E-state index contributed by atoms with van der Waals surface area (Å²) in [6, 6.07) is 3.60. The van der Waals surface area contributed by atoms with Crippen LogP contribution in [-0.4, -0.2) is 13.2 Å². The number of nitriles is 2. The van der Waals surface area contributed by atoms with Crippen molar-refractivity contribution in [1.29, 1.82) is 10.5 Å². The molecule has 0 rings (SSSR count). The van der Waals surface area contributed by atoms with Gasteiger partial charge in [-0.25, -0.2) is 0 Å². The Balaban J connectivity index is 4.19. The lowest BCUT2D eigenvalue weighted by molar-refractivity contribution is 0.170. The molecule has 3 heteroatoms. The number of allylic oxidation sites excluding steroid dienone is 1. The molecule has 58 valence electrons. The molecular formula is C8H10N2O. The number of ether oxygens (including phenoxy) is 1. The molecule has 0 atom stereocenters. The quantitative estimate of drug-likeness (QED) is 0.571. The van der Waals surface area contributed by atoms with E-state index in [1.165, 1.54) is 0 Å². The second-order valence-corrected chi connectivity index (χ2v) is 2.02. The van der Waals surface area contributed by atoms with Gasteiger partial charge in [-0.2, -0.15) is 10.5 Å². The smallest absolute Gasteiger partial charge is 0.130 e. The molecule has 0 N–H and O–H groups in total. The average molecular weight is 150 g/mol. The Morgan fingerprint density at radius 2 is 1.91 bits per heavy atom. The zero-order valence-electron chi connectivity index (χ0n) is 6.72. The number of hydrogen-bond donors (Lipinski definition) is 0. The van der Waals surface area contributed by atoms with Crippen LogP contribution in [0.2, 0.25) is 0 Å². The highest BCUT2D eigenvalue weighted by molar-refractivity contribution is 5.39. The molecule has 0 aromatic heterocycles. The molecule has 0 unspecified atom stereocenters. The summed E-state index contributed by atoms with van der Waals surface area (Å²) in [5.41, 5.74) is 0.843. The van der Waals surface area contributed by atoms with Crippen LogP contribution in [0, 0.1) is 22.7 Å². The summed E-state index contributed by atoms with van der Waals surface area (Å²) in [5, 5.41) is 16.8. The Bertz CT molecular complexity index is 213. The highest BCUT2D eigenvalue weighted by Gasteiger charge is 1.98. The van der Waals surface area contributed by atoms with Crippen molar-refractivity contribution in [2.24, 2.45) is 0 Å². The van der Waals surface area contributed by atoms with Gasteiger partial charge in [-0.15, -0.1) is 0 Å². The molecule has 0 radical (unpaired) electrons. The van der Waals surface area contributed by atoms with Gasteiger partial charge in [0.2, 0.25) is 0 Å². The van der Waals surface area contributed by atoms with Gasteiger partial charge in [0.25, 0.3) is 0 Å². The first-order valence-electron chi connectivity index (χ1n) is 3.34. The van der Waals surface area contributed by atoms with Crippen molar-refractivity contribution >= 4 is 0 Å². The Kier molecular flexibility index (Phi) is 4.81. The topological polar surface area (TPSA) is 56.8 Å². The van der Waals surface area contributed by atoms with Gasteiger partial charge in [-0.1, -0.05) is 0 Å². The lowest BCUT2D eigenvalue weighted by atomic mass is 10.2. The lowest BCUT2D eigenvalue weighted by Crippen LogP contribution is -1.96. The Morgan fingerprint density at radius 1 is 1.36 bits per heavy atom. The third kappa shape index (κ3) is 3.40. The van der Waals surface area contributed by atoms with E-state index >= 15 is 0 Å². The van der Waals surface area contributed by atoms with E-state index in [9.17, 15) is 0 Å². The van der Waals surface area contributed by atoms with Crippen LogP contribution in [0.25, 0.3) is 0 Å². The van der Waals surface area contributed by atoms with E-state index in [2.05, 4.69) is 0 Å². The van der Waals surface area contributed by atoms with Crippen molar-refractivity contribution < 1.29 is 4.74 Å². The van der Waals surface area contributed by atoms with Crippen LogP contribution in [0.4, 0.5) is 0 Å². The summed E-state index contributed by atoms with van der Waals surface area (Å²) < 4.78 is 5.02. The fraction of sp³-hybridized carbons (Fsp3) is 0.500. The van der Waals surface area contributed by atoms with Crippen molar-refractivity contribution in [2.45, 2.75) is 13.8 Å². The molecule has 0 aromatic rings. The maximum absolute atomic E-state index is 8.41. The minimum Gasteiger partial charge on any atom is -0.377 e. The monoisotopic (exact) mass is 150 g/mol. The third-order valence-electron chi connectivity index (χ3n) is 1.17. The molecule has 0 heterocycles. The number of rotatable bonds is 3. The molecule has 0 aromatic carbocycles. The zero-order chi connectivity index (χ0) is 8.69. The van der Waals surface area contributed by atoms with E-state index in [1.54, 1.807) is 19.1 Å². The maximum atomic E-state index is 8.41. The minimum absolute atomic E-state index is 0.151. The molecule has 0 aliphatic rings. The fourth-order valence-electron chi connectivity index (χ4n) is 0.543. The van der Waals surface area contributed by atoms with E-state index in [-0.39, 0.29) is 5.57 Å². The van der Waals surface area contributed by atoms with Crippen molar-refractivity contribution in [3.63, 3.8) is 0 Å². The lowest BCUT2D eigenvalue weighted by Gasteiger charge is -1.99. The fourth-order valence-corrected chi connectivity index (χ4v) is 0.543. The van der Waals surface area contributed by atoms with Gasteiger partial charge < -0.3 is 4.74 Å². The summed E-state index contributed by atoms with van der Waals surface area (Å²) in [7, 11) is 0. The standard InChI is InChI=1S/C8H10N2O/c1-3-11-6-7(2)8(4-9)5-10/h3,6H2,1-2H3. The molecule has 0 spiro atoms. The maximum Gasteiger partial charge on any atom is 0.130 e. The van der Waals surface area contributed by atoms with Crippen molar-refractivity contribution in [3.8, 4) is 12.1 Å². The largest absolute Gasteiger partial charge is 0.377 e. The van der Waals surface area contributed by atoms with Crippen LogP contribution >= 0.6 is 0 Å². The molecule has 0 aliphatic heterocycles. The minimum atomic E-state index is 0.151. The molecule has 0 saturated carbocycles. The third-order valence-corrected chi connectivity index (χ3v) is 1.17. The first-order valence-corrected chi connectivity index (χ1v) is 3.34. The van der Waals surface area contributed by atoms with Gasteiger partial charge in [0.1, 0.15) is 17.7 Å². The summed E-state index contributed by atoms with van der Waals surface area (Å²) in [6.07, 6.45) is 0. The molecule has 3 nitrogen and oxygen atoms in total. The average Bonchev–Trinajstić information content (AvgIpc) is 2.03. The first kappa shape index (κ1) is 9.68. The molecule has 0 fully saturated rings. The SMILES string of the molecule is CCOCC(C)=C(C#N)C#N. The second-order valence-electron chi connectivity index (χ2n) is 2.02. The summed E-state index contributed by atoms with van der Waals surface area (Å²) in [4.78, 5) is 0. The van der Waals surface area contributed by atoms with E-state index in [0.717, 1.165) is 0 Å².